The van der Waals surface area contributed by atoms with Gasteiger partial charge in [0.05, 0.1) is 6.54 Å². The van der Waals surface area contributed by atoms with Crippen LogP contribution >= 0.6 is 0 Å². The third kappa shape index (κ3) is 2.98. The van der Waals surface area contributed by atoms with E-state index in [1.165, 1.54) is 24.8 Å². The molecule has 0 unspecified atom stereocenters. The molecule has 2 saturated heterocycles. The largest absolute Gasteiger partial charge is 0.487 e. The maximum atomic E-state index is 13.5. The molecule has 0 bridgehead atoms. The number of nitrogens with zero attached hydrogens (tertiary/aromatic N) is 2. The number of likely N-dealkylation sites (tertiary alicyclic amines) is 1. The van der Waals surface area contributed by atoms with Crippen molar-refractivity contribution in [2.75, 3.05) is 31.1 Å². The van der Waals surface area contributed by atoms with Gasteiger partial charge in [0.25, 0.3) is 5.92 Å². The molecule has 26 heavy (non-hydrogen) atoms. The molecule has 0 amide bonds. The Hall–Kier alpha value is -1.36. The summed E-state index contributed by atoms with van der Waals surface area (Å²) in [4.78, 5) is 4.46. The zero-order valence-corrected chi connectivity index (χ0v) is 15.4. The Bertz CT molecular complexity index is 681. The van der Waals surface area contributed by atoms with Gasteiger partial charge in [0, 0.05) is 37.8 Å². The first-order valence-corrected chi connectivity index (χ1v) is 10.2. The molecule has 142 valence electrons. The Morgan fingerprint density at radius 1 is 1.00 bits per heavy atom. The molecule has 0 radical (unpaired) electrons. The topological polar surface area (TPSA) is 15.7 Å². The summed E-state index contributed by atoms with van der Waals surface area (Å²) in [6, 6.07) is 6.88. The predicted molar refractivity (Wildman–Crippen MR) is 98.3 cm³/mol. The molecular weight excluding hydrogens is 334 g/mol. The molecule has 5 heteroatoms. The van der Waals surface area contributed by atoms with Crippen LogP contribution in [0.3, 0.4) is 0 Å². The first-order valence-electron chi connectivity index (χ1n) is 10.2. The molecule has 0 N–H and O–H groups in total. The highest BCUT2D eigenvalue weighted by Gasteiger charge is 2.42. The van der Waals surface area contributed by atoms with Crippen LogP contribution < -0.4 is 9.64 Å². The SMILES string of the molecule is FC1(F)CCN(c2ccc3c(c2)CCC2(CCN(C4CCC4)CC2)O3)C1. The van der Waals surface area contributed by atoms with Gasteiger partial charge in [-0.1, -0.05) is 6.42 Å². The number of fused-ring (bicyclic) bond motifs is 1. The van der Waals surface area contributed by atoms with Gasteiger partial charge in [-0.3, -0.25) is 0 Å². The smallest absolute Gasteiger partial charge is 0.266 e. The van der Waals surface area contributed by atoms with Crippen molar-refractivity contribution in [1.29, 1.82) is 0 Å². The second kappa shape index (κ2) is 6.08. The normalized spacial score (nSPS) is 27.8. The highest BCUT2D eigenvalue weighted by Crippen LogP contribution is 2.42. The molecule has 1 aliphatic carbocycles. The number of piperidine rings is 1. The number of hydrogen-bond donors (Lipinski definition) is 0. The molecule has 1 aromatic rings. The Morgan fingerprint density at radius 2 is 1.81 bits per heavy atom. The molecule has 4 aliphatic rings. The Balaban J connectivity index is 1.27. The average molecular weight is 362 g/mol. The van der Waals surface area contributed by atoms with Crippen LogP contribution in [-0.2, 0) is 6.42 Å². The van der Waals surface area contributed by atoms with E-state index in [9.17, 15) is 8.78 Å². The van der Waals surface area contributed by atoms with Gasteiger partial charge in [-0.05, 0) is 62.3 Å². The quantitative estimate of drug-likeness (QED) is 0.782. The number of ether oxygens (including phenoxy) is 1. The summed E-state index contributed by atoms with van der Waals surface area (Å²) in [5.41, 5.74) is 2.10. The molecule has 0 atom stereocenters. The molecule has 3 nitrogen and oxygen atoms in total. The molecule has 3 aliphatic heterocycles. The monoisotopic (exact) mass is 362 g/mol. The third-order valence-electron chi connectivity index (χ3n) is 7.06. The molecule has 5 rings (SSSR count). The number of benzene rings is 1. The number of halogens is 2. The minimum atomic E-state index is -2.55. The summed E-state index contributed by atoms with van der Waals surface area (Å²) in [6.07, 6.45) is 8.37. The van der Waals surface area contributed by atoms with Gasteiger partial charge in [-0.25, -0.2) is 8.78 Å². The van der Waals surface area contributed by atoms with E-state index in [1.807, 2.05) is 17.0 Å². The minimum Gasteiger partial charge on any atom is -0.487 e. The molecule has 0 aromatic heterocycles. The average Bonchev–Trinajstić information content (AvgIpc) is 2.95. The first-order chi connectivity index (χ1) is 12.5. The zero-order valence-electron chi connectivity index (χ0n) is 15.4. The lowest BCUT2D eigenvalue weighted by molar-refractivity contribution is -0.0336. The van der Waals surface area contributed by atoms with Crippen molar-refractivity contribution < 1.29 is 13.5 Å². The first kappa shape index (κ1) is 16.8. The molecule has 1 spiro atoms. The summed E-state index contributed by atoms with van der Waals surface area (Å²) < 4.78 is 33.5. The van der Waals surface area contributed by atoms with Gasteiger partial charge >= 0.3 is 0 Å². The lowest BCUT2D eigenvalue weighted by Crippen LogP contribution is -2.53. The third-order valence-corrected chi connectivity index (χ3v) is 7.06. The minimum absolute atomic E-state index is 0.00452. The van der Waals surface area contributed by atoms with Crippen molar-refractivity contribution in [2.24, 2.45) is 0 Å². The van der Waals surface area contributed by atoms with Crippen LogP contribution in [-0.4, -0.2) is 48.6 Å². The van der Waals surface area contributed by atoms with Gasteiger partial charge in [-0.15, -0.1) is 0 Å². The van der Waals surface area contributed by atoms with E-state index in [1.54, 1.807) is 0 Å². The molecule has 1 saturated carbocycles. The van der Waals surface area contributed by atoms with Crippen LogP contribution in [0, 0.1) is 0 Å². The fourth-order valence-corrected chi connectivity index (χ4v) is 5.06. The van der Waals surface area contributed by atoms with Crippen molar-refractivity contribution in [3.63, 3.8) is 0 Å². The van der Waals surface area contributed by atoms with Gasteiger partial charge < -0.3 is 14.5 Å². The highest BCUT2D eigenvalue weighted by atomic mass is 19.3. The van der Waals surface area contributed by atoms with Crippen molar-refractivity contribution in [3.8, 4) is 5.75 Å². The van der Waals surface area contributed by atoms with Gasteiger partial charge in [0.2, 0.25) is 0 Å². The fourth-order valence-electron chi connectivity index (χ4n) is 5.06. The number of rotatable bonds is 2. The van der Waals surface area contributed by atoms with Crippen molar-refractivity contribution in [3.05, 3.63) is 23.8 Å². The summed E-state index contributed by atoms with van der Waals surface area (Å²) >= 11 is 0. The summed E-state index contributed by atoms with van der Waals surface area (Å²) in [5, 5.41) is 0. The Labute approximate surface area is 154 Å². The van der Waals surface area contributed by atoms with Crippen LogP contribution in [0.4, 0.5) is 14.5 Å². The Morgan fingerprint density at radius 3 is 2.46 bits per heavy atom. The maximum absolute atomic E-state index is 13.5. The number of anilines is 1. The van der Waals surface area contributed by atoms with E-state index in [0.29, 0.717) is 6.54 Å². The zero-order chi connectivity index (χ0) is 17.8. The van der Waals surface area contributed by atoms with Crippen molar-refractivity contribution in [1.82, 2.24) is 4.90 Å². The van der Waals surface area contributed by atoms with Crippen LogP contribution in [0.1, 0.15) is 50.5 Å². The van der Waals surface area contributed by atoms with Gasteiger partial charge in [0.1, 0.15) is 11.4 Å². The van der Waals surface area contributed by atoms with Crippen LogP contribution in [0.15, 0.2) is 18.2 Å². The van der Waals surface area contributed by atoms with Crippen LogP contribution in [0.5, 0.6) is 5.75 Å². The van der Waals surface area contributed by atoms with Crippen LogP contribution in [0.2, 0.25) is 0 Å². The van der Waals surface area contributed by atoms with Crippen LogP contribution in [0.25, 0.3) is 0 Å². The van der Waals surface area contributed by atoms with Gasteiger partial charge in [-0.2, -0.15) is 0 Å². The van der Waals surface area contributed by atoms with E-state index in [-0.39, 0.29) is 18.6 Å². The summed E-state index contributed by atoms with van der Waals surface area (Å²) in [5.74, 6) is -1.58. The highest BCUT2D eigenvalue weighted by molar-refractivity contribution is 5.55. The second-order valence-electron chi connectivity index (χ2n) is 8.73. The summed E-state index contributed by atoms with van der Waals surface area (Å²) in [7, 11) is 0. The Kier molecular flexibility index (Phi) is 3.93. The van der Waals surface area contributed by atoms with Gasteiger partial charge in [0.15, 0.2) is 0 Å². The second-order valence-corrected chi connectivity index (χ2v) is 8.73. The molecule has 3 fully saturated rings. The van der Waals surface area contributed by atoms with Crippen molar-refractivity contribution >= 4 is 5.69 Å². The van der Waals surface area contributed by atoms with E-state index >= 15 is 0 Å². The number of alkyl halides is 2. The van der Waals surface area contributed by atoms with E-state index in [4.69, 9.17) is 4.74 Å². The van der Waals surface area contributed by atoms with Crippen molar-refractivity contribution in [2.45, 2.75) is 68.9 Å². The predicted octanol–water partition coefficient (Wildman–Crippen LogP) is 4.24. The number of hydrogen-bond acceptors (Lipinski definition) is 3. The fraction of sp³-hybridized carbons (Fsp3) is 0.714. The molecular formula is C21H28F2N2O. The lowest BCUT2D eigenvalue weighted by Gasteiger charge is -2.48. The summed E-state index contributed by atoms with van der Waals surface area (Å²) in [6.45, 7) is 2.59. The maximum Gasteiger partial charge on any atom is 0.266 e. The lowest BCUT2D eigenvalue weighted by atomic mass is 9.81. The van der Waals surface area contributed by atoms with E-state index in [2.05, 4.69) is 11.0 Å². The standard InChI is InChI=1S/C21H28F2N2O/c22-21(23)10-13-25(15-21)18-4-5-19-16(14-18)6-7-20(26-19)8-11-24(12-9-20)17-2-1-3-17/h4-5,14,17H,1-3,6-13,15H2. The number of aryl methyl sites for hydroxylation is 1. The molecule has 1 aromatic carbocycles. The van der Waals surface area contributed by atoms with E-state index in [0.717, 1.165) is 56.3 Å². The van der Waals surface area contributed by atoms with E-state index < -0.39 is 5.92 Å². The molecule has 3 heterocycles.